The van der Waals surface area contributed by atoms with E-state index in [-0.39, 0.29) is 0 Å². The van der Waals surface area contributed by atoms with Gasteiger partial charge in [-0.05, 0) is 18.2 Å². The highest BCUT2D eigenvalue weighted by atomic mass is 35.5. The van der Waals surface area contributed by atoms with Gasteiger partial charge in [0.2, 0.25) is 0 Å². The van der Waals surface area contributed by atoms with Gasteiger partial charge in [0, 0.05) is 29.7 Å². The van der Waals surface area contributed by atoms with E-state index < -0.39 is 0 Å². The van der Waals surface area contributed by atoms with Gasteiger partial charge in [0.1, 0.15) is 5.15 Å². The molecule has 19 heavy (non-hydrogen) atoms. The Labute approximate surface area is 117 Å². The van der Waals surface area contributed by atoms with E-state index in [1.807, 2.05) is 60.3 Å². The maximum absolute atomic E-state index is 6.37. The number of benzene rings is 2. The zero-order valence-electron chi connectivity index (χ0n) is 10.5. The standard InChI is InChI=1S/C16H13ClN2/c1-19-15-10-6-5-9-13(15)14(16(19)17)11-18-12-7-3-2-4-8-12/h2-11H,1H3. The Balaban J connectivity index is 2.11. The molecule has 0 unspecified atom stereocenters. The molecule has 2 aromatic carbocycles. The number of fused-ring (bicyclic) bond motifs is 1. The minimum absolute atomic E-state index is 0.709. The van der Waals surface area contributed by atoms with Crippen LogP contribution in [0.1, 0.15) is 5.56 Å². The first-order chi connectivity index (χ1) is 9.27. The van der Waals surface area contributed by atoms with E-state index >= 15 is 0 Å². The number of para-hydroxylation sites is 2. The molecule has 3 aromatic rings. The monoisotopic (exact) mass is 268 g/mol. The fourth-order valence-electron chi connectivity index (χ4n) is 2.17. The summed E-state index contributed by atoms with van der Waals surface area (Å²) in [5.41, 5.74) is 3.00. The molecule has 2 nitrogen and oxygen atoms in total. The van der Waals surface area contributed by atoms with Crippen LogP contribution in [0.3, 0.4) is 0 Å². The van der Waals surface area contributed by atoms with E-state index in [9.17, 15) is 0 Å². The Hall–Kier alpha value is -2.06. The summed E-state index contributed by atoms with van der Waals surface area (Å²) in [7, 11) is 1.96. The molecule has 3 rings (SSSR count). The van der Waals surface area contributed by atoms with Crippen molar-refractivity contribution in [2.45, 2.75) is 0 Å². The predicted octanol–water partition coefficient (Wildman–Crippen LogP) is 4.58. The van der Waals surface area contributed by atoms with Gasteiger partial charge < -0.3 is 4.57 Å². The second-order valence-corrected chi connectivity index (χ2v) is 4.73. The highest BCUT2D eigenvalue weighted by Gasteiger charge is 2.10. The molecule has 0 spiro atoms. The Morgan fingerprint density at radius 3 is 2.47 bits per heavy atom. The van der Waals surface area contributed by atoms with Gasteiger partial charge in [0.05, 0.1) is 5.69 Å². The van der Waals surface area contributed by atoms with Gasteiger partial charge >= 0.3 is 0 Å². The van der Waals surface area contributed by atoms with Crippen LogP contribution in [0.5, 0.6) is 0 Å². The molecule has 0 fully saturated rings. The molecule has 0 saturated carbocycles. The molecule has 0 amide bonds. The SMILES string of the molecule is Cn1c(Cl)c(C=Nc2ccccc2)c2ccccc21. The molecular weight excluding hydrogens is 256 g/mol. The normalized spacial score (nSPS) is 11.5. The van der Waals surface area contributed by atoms with Gasteiger partial charge in [-0.15, -0.1) is 0 Å². The average molecular weight is 269 g/mol. The molecule has 0 saturated heterocycles. The number of halogens is 1. The maximum Gasteiger partial charge on any atom is 0.118 e. The maximum atomic E-state index is 6.37. The van der Waals surface area contributed by atoms with Gasteiger partial charge in [-0.2, -0.15) is 0 Å². The molecule has 0 aliphatic carbocycles. The van der Waals surface area contributed by atoms with E-state index in [2.05, 4.69) is 17.1 Å². The van der Waals surface area contributed by atoms with Crippen LogP contribution in [0, 0.1) is 0 Å². The first-order valence-corrected chi connectivity index (χ1v) is 6.47. The van der Waals surface area contributed by atoms with Crippen molar-refractivity contribution >= 4 is 34.4 Å². The van der Waals surface area contributed by atoms with Gasteiger partial charge in [0.15, 0.2) is 0 Å². The van der Waals surface area contributed by atoms with Gasteiger partial charge in [0.25, 0.3) is 0 Å². The van der Waals surface area contributed by atoms with E-state index in [1.165, 1.54) is 0 Å². The third kappa shape index (κ3) is 2.15. The van der Waals surface area contributed by atoms with E-state index in [1.54, 1.807) is 0 Å². The summed E-state index contributed by atoms with van der Waals surface area (Å²) in [6.45, 7) is 0. The zero-order valence-corrected chi connectivity index (χ0v) is 11.3. The van der Waals surface area contributed by atoms with Crippen LogP contribution in [0.15, 0.2) is 59.6 Å². The molecule has 0 aliphatic heterocycles. The number of rotatable bonds is 2. The number of aryl methyl sites for hydroxylation is 1. The molecule has 1 aromatic heterocycles. The van der Waals surface area contributed by atoms with Crippen molar-refractivity contribution in [1.29, 1.82) is 0 Å². The Morgan fingerprint density at radius 2 is 1.68 bits per heavy atom. The highest BCUT2D eigenvalue weighted by Crippen LogP contribution is 2.28. The molecule has 0 N–H and O–H groups in total. The van der Waals surface area contributed by atoms with Crippen molar-refractivity contribution in [3.05, 3.63) is 65.3 Å². The lowest BCUT2D eigenvalue weighted by molar-refractivity contribution is 0.969. The largest absolute Gasteiger partial charge is 0.334 e. The number of nitrogens with zero attached hydrogens (tertiary/aromatic N) is 2. The molecule has 0 radical (unpaired) electrons. The molecular formula is C16H13ClN2. The lowest BCUT2D eigenvalue weighted by Crippen LogP contribution is -1.86. The molecule has 94 valence electrons. The van der Waals surface area contributed by atoms with Crippen LogP contribution >= 0.6 is 11.6 Å². The average Bonchev–Trinajstić information content (AvgIpc) is 2.71. The summed E-state index contributed by atoms with van der Waals surface area (Å²) in [6, 6.07) is 18.0. The summed E-state index contributed by atoms with van der Waals surface area (Å²) < 4.78 is 1.98. The summed E-state index contributed by atoms with van der Waals surface area (Å²) in [5, 5.41) is 1.83. The van der Waals surface area contributed by atoms with Crippen molar-refractivity contribution in [3.8, 4) is 0 Å². The van der Waals surface area contributed by atoms with Crippen molar-refractivity contribution in [2.24, 2.45) is 12.0 Å². The molecule has 3 heteroatoms. The van der Waals surface area contributed by atoms with Crippen LogP contribution in [0.2, 0.25) is 5.15 Å². The summed E-state index contributed by atoms with van der Waals surface area (Å²) in [4.78, 5) is 4.48. The third-order valence-electron chi connectivity index (χ3n) is 3.17. The molecule has 0 bridgehead atoms. The number of aliphatic imine (C=N–C) groups is 1. The van der Waals surface area contributed by atoms with Gasteiger partial charge in [-0.1, -0.05) is 48.0 Å². The predicted molar refractivity (Wildman–Crippen MR) is 81.6 cm³/mol. The van der Waals surface area contributed by atoms with Crippen molar-refractivity contribution in [1.82, 2.24) is 4.57 Å². The Bertz CT molecular complexity index is 742. The Kier molecular flexibility index (Phi) is 3.10. The van der Waals surface area contributed by atoms with Gasteiger partial charge in [-0.3, -0.25) is 4.99 Å². The van der Waals surface area contributed by atoms with Crippen LogP contribution < -0.4 is 0 Å². The number of hydrogen-bond donors (Lipinski definition) is 0. The minimum Gasteiger partial charge on any atom is -0.334 e. The first-order valence-electron chi connectivity index (χ1n) is 6.09. The topological polar surface area (TPSA) is 17.3 Å². The summed E-state index contributed by atoms with van der Waals surface area (Å²) in [6.07, 6.45) is 1.83. The van der Waals surface area contributed by atoms with Crippen LogP contribution in [-0.2, 0) is 7.05 Å². The van der Waals surface area contributed by atoms with Crippen molar-refractivity contribution in [2.75, 3.05) is 0 Å². The quantitative estimate of drug-likeness (QED) is 0.605. The van der Waals surface area contributed by atoms with Crippen LogP contribution in [0.4, 0.5) is 5.69 Å². The van der Waals surface area contributed by atoms with E-state index in [4.69, 9.17) is 11.6 Å². The molecule has 0 aliphatic rings. The second kappa shape index (κ2) is 4.90. The second-order valence-electron chi connectivity index (χ2n) is 4.37. The number of hydrogen-bond acceptors (Lipinski definition) is 1. The lowest BCUT2D eigenvalue weighted by atomic mass is 10.2. The molecule has 1 heterocycles. The molecule has 0 atom stereocenters. The fourth-order valence-corrected chi connectivity index (χ4v) is 2.41. The fraction of sp³-hybridized carbons (Fsp3) is 0.0625. The summed E-state index contributed by atoms with van der Waals surface area (Å²) >= 11 is 6.37. The van der Waals surface area contributed by atoms with E-state index in [0.29, 0.717) is 5.15 Å². The number of aromatic nitrogens is 1. The minimum atomic E-state index is 0.709. The van der Waals surface area contributed by atoms with E-state index in [0.717, 1.165) is 22.2 Å². The van der Waals surface area contributed by atoms with Crippen LogP contribution in [-0.4, -0.2) is 10.8 Å². The van der Waals surface area contributed by atoms with Gasteiger partial charge in [-0.25, -0.2) is 0 Å². The zero-order chi connectivity index (χ0) is 13.2. The third-order valence-corrected chi connectivity index (χ3v) is 3.63. The summed E-state index contributed by atoms with van der Waals surface area (Å²) in [5.74, 6) is 0. The lowest BCUT2D eigenvalue weighted by Gasteiger charge is -1.95. The van der Waals surface area contributed by atoms with Crippen LogP contribution in [0.25, 0.3) is 10.9 Å². The van der Waals surface area contributed by atoms with Crippen molar-refractivity contribution < 1.29 is 0 Å². The first kappa shape index (κ1) is 12.0. The highest BCUT2D eigenvalue weighted by molar-refractivity contribution is 6.34. The smallest absolute Gasteiger partial charge is 0.118 e. The van der Waals surface area contributed by atoms with Crippen molar-refractivity contribution in [3.63, 3.8) is 0 Å². The Morgan fingerprint density at radius 1 is 1.00 bits per heavy atom.